The molecular formula is C27H32N2O4S. The lowest BCUT2D eigenvalue weighted by molar-refractivity contribution is 0.102. The maximum atomic E-state index is 13.1. The molecule has 34 heavy (non-hydrogen) atoms. The van der Waals surface area contributed by atoms with Crippen molar-refractivity contribution < 1.29 is 17.9 Å². The normalized spacial score (nSPS) is 11.4. The lowest BCUT2D eigenvalue weighted by atomic mass is 10.1. The Balaban J connectivity index is 1.82. The number of para-hydroxylation sites is 1. The van der Waals surface area contributed by atoms with Crippen LogP contribution in [0.5, 0.6) is 5.75 Å². The number of anilines is 2. The Morgan fingerprint density at radius 3 is 2.26 bits per heavy atom. The highest BCUT2D eigenvalue weighted by Gasteiger charge is 2.26. The second-order valence-corrected chi connectivity index (χ2v) is 10.9. The highest BCUT2D eigenvalue weighted by molar-refractivity contribution is 7.93. The summed E-state index contributed by atoms with van der Waals surface area (Å²) in [5.74, 6) is 0.262. The largest absolute Gasteiger partial charge is 0.493 e. The second-order valence-electron chi connectivity index (χ2n) is 8.45. The zero-order valence-corrected chi connectivity index (χ0v) is 21.1. The van der Waals surface area contributed by atoms with Gasteiger partial charge in [-0.25, -0.2) is 8.42 Å². The van der Waals surface area contributed by atoms with E-state index in [1.54, 1.807) is 44.2 Å². The molecule has 0 spiro atoms. The van der Waals surface area contributed by atoms with Crippen molar-refractivity contribution in [3.8, 4) is 5.75 Å². The van der Waals surface area contributed by atoms with Gasteiger partial charge in [0.2, 0.25) is 10.0 Å². The van der Waals surface area contributed by atoms with Crippen molar-refractivity contribution in [3.05, 3.63) is 89.0 Å². The van der Waals surface area contributed by atoms with E-state index in [9.17, 15) is 13.2 Å². The van der Waals surface area contributed by atoms with Crippen LogP contribution in [0.3, 0.4) is 0 Å². The van der Waals surface area contributed by atoms with Crippen LogP contribution in [-0.2, 0) is 16.6 Å². The zero-order valence-electron chi connectivity index (χ0n) is 20.3. The molecule has 0 unspecified atom stereocenters. The lowest BCUT2D eigenvalue weighted by Crippen LogP contribution is -2.36. The Morgan fingerprint density at radius 2 is 1.65 bits per heavy atom. The second kappa shape index (κ2) is 10.7. The van der Waals surface area contributed by atoms with E-state index < -0.39 is 15.3 Å². The minimum absolute atomic E-state index is 0.199. The fourth-order valence-electron chi connectivity index (χ4n) is 3.46. The predicted octanol–water partition coefficient (Wildman–Crippen LogP) is 5.70. The standard InChI is InChI=1S/C27H32N2O4S/c1-6-33-26-10-8-7-9-25(26)27(30)28-23-14-12-22(13-15-23)18-29(34(31,32)19(2)3)24-16-11-20(4)21(5)17-24/h7-17,19H,6,18H2,1-5H3,(H,28,30). The zero-order chi connectivity index (χ0) is 24.9. The highest BCUT2D eigenvalue weighted by atomic mass is 32.2. The molecule has 180 valence electrons. The third kappa shape index (κ3) is 5.78. The summed E-state index contributed by atoms with van der Waals surface area (Å²) in [6.45, 7) is 9.87. The number of sulfonamides is 1. The molecule has 1 N–H and O–H groups in total. The van der Waals surface area contributed by atoms with Crippen LogP contribution < -0.4 is 14.4 Å². The smallest absolute Gasteiger partial charge is 0.259 e. The molecule has 3 rings (SSSR count). The number of ether oxygens (including phenoxy) is 1. The van der Waals surface area contributed by atoms with E-state index in [0.717, 1.165) is 16.7 Å². The Labute approximate surface area is 202 Å². The first-order chi connectivity index (χ1) is 16.1. The van der Waals surface area contributed by atoms with Crippen molar-refractivity contribution in [2.45, 2.75) is 46.4 Å². The number of rotatable bonds is 9. The third-order valence-electron chi connectivity index (χ3n) is 5.65. The van der Waals surface area contributed by atoms with Crippen LogP contribution in [0.25, 0.3) is 0 Å². The van der Waals surface area contributed by atoms with Crippen molar-refractivity contribution in [1.82, 2.24) is 0 Å². The van der Waals surface area contributed by atoms with Gasteiger partial charge in [0.05, 0.1) is 29.7 Å². The van der Waals surface area contributed by atoms with E-state index in [4.69, 9.17) is 4.74 Å². The van der Waals surface area contributed by atoms with E-state index in [1.807, 2.05) is 57.2 Å². The molecule has 0 fully saturated rings. The van der Waals surface area contributed by atoms with Crippen LogP contribution in [0.15, 0.2) is 66.7 Å². The quantitative estimate of drug-likeness (QED) is 0.426. The summed E-state index contributed by atoms with van der Waals surface area (Å²) in [4.78, 5) is 12.7. The van der Waals surface area contributed by atoms with Gasteiger partial charge < -0.3 is 10.1 Å². The summed E-state index contributed by atoms with van der Waals surface area (Å²) < 4.78 is 33.3. The summed E-state index contributed by atoms with van der Waals surface area (Å²) >= 11 is 0. The summed E-state index contributed by atoms with van der Waals surface area (Å²) in [6.07, 6.45) is 0. The number of amides is 1. The van der Waals surface area contributed by atoms with Gasteiger partial charge in [0.25, 0.3) is 5.91 Å². The van der Waals surface area contributed by atoms with Crippen molar-refractivity contribution in [1.29, 1.82) is 0 Å². The molecule has 1 amide bonds. The van der Waals surface area contributed by atoms with Crippen molar-refractivity contribution in [3.63, 3.8) is 0 Å². The van der Waals surface area contributed by atoms with Gasteiger partial charge in [0, 0.05) is 5.69 Å². The van der Waals surface area contributed by atoms with E-state index in [-0.39, 0.29) is 12.5 Å². The molecule has 0 atom stereocenters. The molecule has 0 aliphatic heterocycles. The van der Waals surface area contributed by atoms with Gasteiger partial charge in [-0.3, -0.25) is 9.10 Å². The van der Waals surface area contributed by atoms with Gasteiger partial charge in [-0.15, -0.1) is 0 Å². The van der Waals surface area contributed by atoms with Gasteiger partial charge in [0.15, 0.2) is 0 Å². The maximum absolute atomic E-state index is 13.1. The molecule has 6 nitrogen and oxygen atoms in total. The first-order valence-electron chi connectivity index (χ1n) is 11.3. The Hall–Kier alpha value is -3.32. The lowest BCUT2D eigenvalue weighted by Gasteiger charge is -2.27. The molecular weight excluding hydrogens is 448 g/mol. The minimum atomic E-state index is -3.55. The van der Waals surface area contributed by atoms with Gasteiger partial charge in [0.1, 0.15) is 5.75 Å². The van der Waals surface area contributed by atoms with Crippen molar-refractivity contribution >= 4 is 27.3 Å². The fraction of sp³-hybridized carbons (Fsp3) is 0.296. The molecule has 0 aliphatic rings. The summed E-state index contributed by atoms with van der Waals surface area (Å²) in [6, 6.07) is 20.0. The molecule has 0 radical (unpaired) electrons. The topological polar surface area (TPSA) is 75.7 Å². The summed E-state index contributed by atoms with van der Waals surface area (Å²) in [7, 11) is -3.55. The Kier molecular flexibility index (Phi) is 7.99. The van der Waals surface area contributed by atoms with Gasteiger partial charge in [-0.05, 0) is 87.7 Å². The SMILES string of the molecule is CCOc1ccccc1C(=O)Nc1ccc(CN(c2ccc(C)c(C)c2)S(=O)(=O)C(C)C)cc1. The van der Waals surface area contributed by atoms with E-state index in [0.29, 0.717) is 29.3 Å². The fourth-order valence-corrected chi connectivity index (χ4v) is 4.70. The number of nitrogens with zero attached hydrogens (tertiary/aromatic N) is 1. The maximum Gasteiger partial charge on any atom is 0.259 e. The van der Waals surface area contributed by atoms with Crippen LogP contribution in [0.1, 0.15) is 47.8 Å². The molecule has 0 saturated carbocycles. The third-order valence-corrected chi connectivity index (χ3v) is 7.80. The number of nitrogens with one attached hydrogen (secondary N) is 1. The van der Waals surface area contributed by atoms with Gasteiger partial charge in [-0.1, -0.05) is 30.3 Å². The van der Waals surface area contributed by atoms with Crippen LogP contribution in [-0.4, -0.2) is 26.2 Å². The predicted molar refractivity (Wildman–Crippen MR) is 138 cm³/mol. The highest BCUT2D eigenvalue weighted by Crippen LogP contribution is 2.27. The molecule has 3 aromatic carbocycles. The van der Waals surface area contributed by atoms with Crippen LogP contribution in [0.2, 0.25) is 0 Å². The van der Waals surface area contributed by atoms with Gasteiger partial charge >= 0.3 is 0 Å². The molecule has 3 aromatic rings. The molecule has 7 heteroatoms. The number of carbonyl (C=O) groups excluding carboxylic acids is 1. The molecule has 0 bridgehead atoms. The monoisotopic (exact) mass is 480 g/mol. The number of carbonyl (C=O) groups is 1. The molecule has 0 heterocycles. The van der Waals surface area contributed by atoms with E-state index in [2.05, 4.69) is 5.32 Å². The number of hydrogen-bond acceptors (Lipinski definition) is 4. The first kappa shape index (κ1) is 25.3. The van der Waals surface area contributed by atoms with Crippen molar-refractivity contribution in [2.24, 2.45) is 0 Å². The number of hydrogen-bond donors (Lipinski definition) is 1. The van der Waals surface area contributed by atoms with Crippen molar-refractivity contribution in [2.75, 3.05) is 16.2 Å². The van der Waals surface area contributed by atoms with Crippen LogP contribution in [0.4, 0.5) is 11.4 Å². The van der Waals surface area contributed by atoms with Crippen LogP contribution in [0, 0.1) is 13.8 Å². The molecule has 0 saturated heterocycles. The Bertz CT molecular complexity index is 1250. The number of benzene rings is 3. The minimum Gasteiger partial charge on any atom is -0.493 e. The Morgan fingerprint density at radius 1 is 0.971 bits per heavy atom. The first-order valence-corrected chi connectivity index (χ1v) is 12.8. The van der Waals surface area contributed by atoms with E-state index >= 15 is 0 Å². The summed E-state index contributed by atoms with van der Waals surface area (Å²) in [5.41, 5.74) is 4.67. The van der Waals surface area contributed by atoms with Crippen LogP contribution >= 0.6 is 0 Å². The molecule has 0 aliphatic carbocycles. The average molecular weight is 481 g/mol. The average Bonchev–Trinajstić information content (AvgIpc) is 2.80. The summed E-state index contributed by atoms with van der Waals surface area (Å²) in [5, 5.41) is 2.32. The molecule has 0 aromatic heterocycles. The number of aryl methyl sites for hydroxylation is 2. The van der Waals surface area contributed by atoms with E-state index in [1.165, 1.54) is 4.31 Å². The van der Waals surface area contributed by atoms with Gasteiger partial charge in [-0.2, -0.15) is 0 Å².